The van der Waals surface area contributed by atoms with Crippen molar-refractivity contribution in [3.05, 3.63) is 29.3 Å². The second-order valence-electron chi connectivity index (χ2n) is 7.45. The van der Waals surface area contributed by atoms with Gasteiger partial charge in [-0.25, -0.2) is 4.79 Å². The van der Waals surface area contributed by atoms with Gasteiger partial charge in [-0.15, -0.1) is 0 Å². The Bertz CT molecular complexity index is 849. The molecule has 3 rings (SSSR count). The summed E-state index contributed by atoms with van der Waals surface area (Å²) in [6, 6.07) is 5.95. The third kappa shape index (κ3) is 5.08. The summed E-state index contributed by atoms with van der Waals surface area (Å²) in [4.78, 5) is 24.1. The molecular weight excluding hydrogens is 372 g/mol. The number of nitriles is 1. The third-order valence-corrected chi connectivity index (χ3v) is 5.12. The molecule has 1 heterocycles. The average Bonchev–Trinajstić information content (AvgIpc) is 3.30. The fraction of sp³-hybridized carbons (Fsp3) is 0.500. The fourth-order valence-electron chi connectivity index (χ4n) is 3.75. The molecule has 1 aromatic rings. The van der Waals surface area contributed by atoms with Gasteiger partial charge in [0.2, 0.25) is 0 Å². The summed E-state index contributed by atoms with van der Waals surface area (Å²) in [7, 11) is 0. The molecule has 1 aliphatic carbocycles. The lowest BCUT2D eigenvalue weighted by molar-refractivity contribution is -0.144. The molecule has 0 spiro atoms. The number of amides is 1. The van der Waals surface area contributed by atoms with Crippen molar-refractivity contribution in [1.82, 2.24) is 5.32 Å². The molecule has 1 fully saturated rings. The van der Waals surface area contributed by atoms with Crippen LogP contribution in [0, 0.1) is 11.3 Å². The van der Waals surface area contributed by atoms with Crippen LogP contribution in [0.1, 0.15) is 50.7 Å². The molecule has 1 aliphatic heterocycles. The molecule has 1 N–H and O–H groups in total. The van der Waals surface area contributed by atoms with E-state index >= 15 is 0 Å². The molecule has 154 valence electrons. The number of benzene rings is 1. The van der Waals surface area contributed by atoms with E-state index in [-0.39, 0.29) is 6.10 Å². The number of nitrogens with zero attached hydrogens (tertiary/aromatic N) is 1. The number of rotatable bonds is 7. The van der Waals surface area contributed by atoms with Crippen LogP contribution in [0.25, 0.3) is 6.08 Å². The van der Waals surface area contributed by atoms with E-state index in [1.165, 1.54) is 6.08 Å². The minimum atomic E-state index is -0.826. The van der Waals surface area contributed by atoms with Crippen LogP contribution in [-0.2, 0) is 20.7 Å². The zero-order valence-electron chi connectivity index (χ0n) is 16.8. The Labute approximate surface area is 170 Å². The Morgan fingerprint density at radius 1 is 1.38 bits per heavy atom. The highest BCUT2D eigenvalue weighted by molar-refractivity contribution is 5.90. The van der Waals surface area contributed by atoms with E-state index < -0.39 is 24.0 Å². The van der Waals surface area contributed by atoms with Crippen LogP contribution < -0.4 is 14.8 Å². The van der Waals surface area contributed by atoms with Crippen molar-refractivity contribution in [2.24, 2.45) is 0 Å². The van der Waals surface area contributed by atoms with Crippen molar-refractivity contribution >= 4 is 18.0 Å². The summed E-state index contributed by atoms with van der Waals surface area (Å²) in [6.45, 7) is 3.97. The van der Waals surface area contributed by atoms with Crippen molar-refractivity contribution < 1.29 is 23.8 Å². The predicted octanol–water partition coefficient (Wildman–Crippen LogP) is 2.92. The van der Waals surface area contributed by atoms with Gasteiger partial charge in [0.15, 0.2) is 6.61 Å². The van der Waals surface area contributed by atoms with Crippen LogP contribution in [0.5, 0.6) is 11.5 Å². The van der Waals surface area contributed by atoms with Crippen molar-refractivity contribution in [3.63, 3.8) is 0 Å². The SMILES string of the molecule is CCOc1cc2c(cc1/C=C/C(=O)OCC(=O)NC1(C#N)CCCC1)O[C@H](C)C2. The number of hydrogen-bond donors (Lipinski definition) is 1. The molecule has 1 aromatic carbocycles. The number of carbonyl (C=O) groups excluding carboxylic acids is 2. The highest BCUT2D eigenvalue weighted by atomic mass is 16.5. The maximum Gasteiger partial charge on any atom is 0.331 e. The smallest absolute Gasteiger partial charge is 0.331 e. The Kier molecular flexibility index (Phi) is 6.42. The molecule has 0 unspecified atom stereocenters. The normalized spacial score (nSPS) is 19.3. The summed E-state index contributed by atoms with van der Waals surface area (Å²) < 4.78 is 16.5. The zero-order chi connectivity index (χ0) is 20.9. The van der Waals surface area contributed by atoms with Crippen molar-refractivity contribution in [2.45, 2.75) is 57.6 Å². The fourth-order valence-corrected chi connectivity index (χ4v) is 3.75. The topological polar surface area (TPSA) is 97.6 Å². The Morgan fingerprint density at radius 3 is 2.83 bits per heavy atom. The molecule has 0 radical (unpaired) electrons. The summed E-state index contributed by atoms with van der Waals surface area (Å²) in [5.74, 6) is 0.342. The first kappa shape index (κ1) is 20.7. The van der Waals surface area contributed by atoms with Crippen LogP contribution in [0.15, 0.2) is 18.2 Å². The van der Waals surface area contributed by atoms with Gasteiger partial charge in [0.05, 0.1) is 12.7 Å². The molecule has 0 bridgehead atoms. The van der Waals surface area contributed by atoms with Gasteiger partial charge >= 0.3 is 5.97 Å². The van der Waals surface area contributed by atoms with E-state index in [4.69, 9.17) is 14.2 Å². The number of nitrogens with one attached hydrogen (secondary N) is 1. The van der Waals surface area contributed by atoms with Gasteiger partial charge in [0.25, 0.3) is 5.91 Å². The number of ether oxygens (including phenoxy) is 3. The number of carbonyl (C=O) groups is 2. The van der Waals surface area contributed by atoms with Gasteiger partial charge in [-0.2, -0.15) is 5.26 Å². The Morgan fingerprint density at radius 2 is 2.14 bits per heavy atom. The number of fused-ring (bicyclic) bond motifs is 1. The highest BCUT2D eigenvalue weighted by Gasteiger charge is 2.35. The maximum atomic E-state index is 12.0. The van der Waals surface area contributed by atoms with Crippen LogP contribution in [0.4, 0.5) is 0 Å². The van der Waals surface area contributed by atoms with Crippen molar-refractivity contribution in [2.75, 3.05) is 13.2 Å². The molecule has 1 saturated carbocycles. The summed E-state index contributed by atoms with van der Waals surface area (Å²) in [6.07, 6.45) is 6.84. The quantitative estimate of drug-likeness (QED) is 0.560. The van der Waals surface area contributed by atoms with E-state index in [2.05, 4.69) is 11.4 Å². The second kappa shape index (κ2) is 8.99. The minimum absolute atomic E-state index is 0.110. The monoisotopic (exact) mass is 398 g/mol. The molecule has 1 atom stereocenters. The third-order valence-electron chi connectivity index (χ3n) is 5.12. The molecule has 2 aliphatic rings. The molecule has 1 amide bonds. The first-order valence-corrected chi connectivity index (χ1v) is 9.98. The maximum absolute atomic E-state index is 12.0. The molecule has 7 nitrogen and oxygen atoms in total. The van der Waals surface area contributed by atoms with Crippen molar-refractivity contribution in [1.29, 1.82) is 5.26 Å². The molecule has 0 saturated heterocycles. The first-order valence-electron chi connectivity index (χ1n) is 9.98. The van der Waals surface area contributed by atoms with E-state index in [1.54, 1.807) is 6.08 Å². The standard InChI is InChI=1S/C22H26N2O5/c1-3-27-18-12-17-10-15(2)29-19(17)11-16(18)6-7-21(26)28-13-20(25)24-22(14-23)8-4-5-9-22/h6-7,11-12,15H,3-5,8-10,13H2,1-2H3,(H,24,25)/b7-6+/t15-/m1/s1. The average molecular weight is 398 g/mol. The van der Waals surface area contributed by atoms with Gasteiger partial charge in [-0.05, 0) is 57.7 Å². The van der Waals surface area contributed by atoms with Crippen LogP contribution in [0.2, 0.25) is 0 Å². The van der Waals surface area contributed by atoms with Crippen molar-refractivity contribution in [3.8, 4) is 17.6 Å². The van der Waals surface area contributed by atoms with Crippen LogP contribution in [-0.4, -0.2) is 36.7 Å². The van der Waals surface area contributed by atoms with Crippen LogP contribution in [0.3, 0.4) is 0 Å². The van der Waals surface area contributed by atoms with Gasteiger partial charge in [-0.3, -0.25) is 4.79 Å². The Hall–Kier alpha value is -3.01. The molecule has 0 aromatic heterocycles. The molecule has 7 heteroatoms. The summed E-state index contributed by atoms with van der Waals surface area (Å²) in [5.41, 5.74) is 0.957. The van der Waals surface area contributed by atoms with Gasteiger partial charge in [-0.1, -0.05) is 0 Å². The van der Waals surface area contributed by atoms with Gasteiger partial charge < -0.3 is 19.5 Å². The lowest BCUT2D eigenvalue weighted by atomic mass is 10.00. The largest absolute Gasteiger partial charge is 0.493 e. The number of hydrogen-bond acceptors (Lipinski definition) is 6. The Balaban J connectivity index is 1.58. The van der Waals surface area contributed by atoms with E-state index in [0.29, 0.717) is 30.8 Å². The zero-order valence-corrected chi connectivity index (χ0v) is 16.8. The lowest BCUT2D eigenvalue weighted by Gasteiger charge is -2.21. The first-order chi connectivity index (χ1) is 13.9. The molecular formula is C22H26N2O5. The van der Waals surface area contributed by atoms with E-state index in [0.717, 1.165) is 30.6 Å². The second-order valence-corrected chi connectivity index (χ2v) is 7.45. The van der Waals surface area contributed by atoms with E-state index in [1.807, 2.05) is 26.0 Å². The van der Waals surface area contributed by atoms with E-state index in [9.17, 15) is 14.9 Å². The molecule has 29 heavy (non-hydrogen) atoms. The minimum Gasteiger partial charge on any atom is -0.493 e. The van der Waals surface area contributed by atoms with Gasteiger partial charge in [0, 0.05) is 23.6 Å². The van der Waals surface area contributed by atoms with Crippen LogP contribution >= 0.6 is 0 Å². The summed E-state index contributed by atoms with van der Waals surface area (Å²) in [5, 5.41) is 12.0. The van der Waals surface area contributed by atoms with Gasteiger partial charge in [0.1, 0.15) is 23.1 Å². The summed E-state index contributed by atoms with van der Waals surface area (Å²) >= 11 is 0. The lowest BCUT2D eigenvalue weighted by Crippen LogP contribution is -2.46. The highest BCUT2D eigenvalue weighted by Crippen LogP contribution is 2.35. The predicted molar refractivity (Wildman–Crippen MR) is 106 cm³/mol. The number of esters is 1.